The van der Waals surface area contributed by atoms with Crippen LogP contribution in [-0.2, 0) is 0 Å². The molecule has 0 aliphatic heterocycles. The van der Waals surface area contributed by atoms with Crippen LogP contribution in [0.2, 0.25) is 0 Å². The number of hydrogen-bond donors (Lipinski definition) is 0. The second kappa shape index (κ2) is 2.99. The molecule has 2 heterocycles. The van der Waals surface area contributed by atoms with Gasteiger partial charge in [0, 0.05) is 24.8 Å². The molecule has 0 saturated heterocycles. The van der Waals surface area contributed by atoms with Gasteiger partial charge in [0.05, 0.1) is 0 Å². The Kier molecular flexibility index (Phi) is 1.95. The zero-order valence-corrected chi connectivity index (χ0v) is 8.98. The van der Waals surface area contributed by atoms with E-state index in [0.29, 0.717) is 0 Å². The largest absolute Gasteiger partial charge is 0.346 e. The molecular weight excluding hydrogens is 232 g/mol. The minimum atomic E-state index is 0.720. The Labute approximate surface area is 84.3 Å². The summed E-state index contributed by atoms with van der Waals surface area (Å²) in [4.78, 5) is 6.20. The quantitative estimate of drug-likeness (QED) is 0.759. The van der Waals surface area contributed by atoms with Crippen LogP contribution in [0.4, 0.5) is 5.95 Å². The summed E-state index contributed by atoms with van der Waals surface area (Å²) in [5, 5.41) is 4.26. The molecule has 0 atom stereocenters. The van der Waals surface area contributed by atoms with Crippen molar-refractivity contribution < 1.29 is 0 Å². The Balaban J connectivity index is 2.62. The molecule has 0 bridgehead atoms. The van der Waals surface area contributed by atoms with Gasteiger partial charge < -0.3 is 4.90 Å². The van der Waals surface area contributed by atoms with Crippen LogP contribution in [0.3, 0.4) is 0 Å². The molecule has 0 saturated carbocycles. The maximum atomic E-state index is 4.32. The number of aromatic nitrogens is 3. The van der Waals surface area contributed by atoms with Gasteiger partial charge in [0.15, 0.2) is 5.65 Å². The van der Waals surface area contributed by atoms with Crippen molar-refractivity contribution in [2.75, 3.05) is 19.0 Å². The van der Waals surface area contributed by atoms with Crippen molar-refractivity contribution in [3.63, 3.8) is 0 Å². The van der Waals surface area contributed by atoms with Gasteiger partial charge in [-0.15, -0.1) is 5.10 Å². The first kappa shape index (κ1) is 8.50. The average Bonchev–Trinajstić information content (AvgIpc) is 2.46. The van der Waals surface area contributed by atoms with Gasteiger partial charge in [-0.2, -0.15) is 4.98 Å². The molecule has 0 radical (unpaired) electrons. The molecular formula is C8H9BrN4. The first-order valence-electron chi connectivity index (χ1n) is 3.86. The molecule has 4 nitrogen and oxygen atoms in total. The van der Waals surface area contributed by atoms with Crippen LogP contribution in [0.15, 0.2) is 22.8 Å². The summed E-state index contributed by atoms with van der Waals surface area (Å²) in [5.74, 6) is 0.720. The molecule has 2 aromatic heterocycles. The van der Waals surface area contributed by atoms with E-state index in [0.717, 1.165) is 16.1 Å². The van der Waals surface area contributed by atoms with E-state index in [-0.39, 0.29) is 0 Å². The molecule has 0 aliphatic rings. The van der Waals surface area contributed by atoms with Crippen molar-refractivity contribution >= 4 is 27.5 Å². The fourth-order valence-electron chi connectivity index (χ4n) is 1.03. The van der Waals surface area contributed by atoms with Crippen molar-refractivity contribution in [3.05, 3.63) is 22.8 Å². The Morgan fingerprint density at radius 3 is 2.92 bits per heavy atom. The highest BCUT2D eigenvalue weighted by atomic mass is 79.9. The number of rotatable bonds is 1. The third-order valence-electron chi connectivity index (χ3n) is 1.69. The second-order valence-corrected chi connectivity index (χ2v) is 3.87. The van der Waals surface area contributed by atoms with Gasteiger partial charge in [-0.25, -0.2) is 4.52 Å². The molecule has 0 aliphatic carbocycles. The minimum absolute atomic E-state index is 0.720. The van der Waals surface area contributed by atoms with Gasteiger partial charge in [-0.05, 0) is 12.1 Å². The van der Waals surface area contributed by atoms with Gasteiger partial charge >= 0.3 is 0 Å². The second-order valence-electron chi connectivity index (χ2n) is 2.95. The Hall–Kier alpha value is -1.10. The van der Waals surface area contributed by atoms with Crippen LogP contribution < -0.4 is 4.90 Å². The maximum absolute atomic E-state index is 4.32. The lowest BCUT2D eigenvalue weighted by Gasteiger charge is -2.03. The Bertz CT molecular complexity index is 435. The number of anilines is 1. The third kappa shape index (κ3) is 1.51. The zero-order chi connectivity index (χ0) is 9.42. The number of nitrogens with zero attached hydrogens (tertiary/aromatic N) is 4. The number of halogens is 1. The highest BCUT2D eigenvalue weighted by Crippen LogP contribution is 2.13. The third-order valence-corrected chi connectivity index (χ3v) is 2.18. The normalized spacial score (nSPS) is 10.7. The number of pyridine rings is 1. The van der Waals surface area contributed by atoms with Gasteiger partial charge in [0.25, 0.3) is 0 Å². The maximum Gasteiger partial charge on any atom is 0.245 e. The van der Waals surface area contributed by atoms with E-state index in [4.69, 9.17) is 0 Å². The van der Waals surface area contributed by atoms with Gasteiger partial charge in [-0.1, -0.05) is 15.9 Å². The van der Waals surface area contributed by atoms with E-state index >= 15 is 0 Å². The van der Waals surface area contributed by atoms with E-state index in [9.17, 15) is 0 Å². The van der Waals surface area contributed by atoms with Crippen LogP contribution in [0, 0.1) is 0 Å². The summed E-state index contributed by atoms with van der Waals surface area (Å²) in [7, 11) is 3.84. The molecule has 2 aromatic rings. The van der Waals surface area contributed by atoms with Crippen molar-refractivity contribution in [3.8, 4) is 0 Å². The fourth-order valence-corrected chi connectivity index (χ4v) is 1.36. The first-order chi connectivity index (χ1) is 6.16. The monoisotopic (exact) mass is 240 g/mol. The average molecular weight is 241 g/mol. The molecule has 2 rings (SSSR count). The molecule has 0 fully saturated rings. The molecule has 5 heteroatoms. The van der Waals surface area contributed by atoms with Crippen LogP contribution in [-0.4, -0.2) is 28.7 Å². The SMILES string of the molecule is CN(C)c1nc2cc(Br)ccn2n1. The van der Waals surface area contributed by atoms with Crippen LogP contribution in [0.25, 0.3) is 5.65 Å². The summed E-state index contributed by atoms with van der Waals surface area (Å²) < 4.78 is 2.76. The van der Waals surface area contributed by atoms with Crippen LogP contribution in [0.1, 0.15) is 0 Å². The van der Waals surface area contributed by atoms with E-state index in [1.54, 1.807) is 4.52 Å². The first-order valence-corrected chi connectivity index (χ1v) is 4.65. The molecule has 0 amide bonds. The highest BCUT2D eigenvalue weighted by molar-refractivity contribution is 9.10. The summed E-state index contributed by atoms with van der Waals surface area (Å²) in [6.45, 7) is 0. The summed E-state index contributed by atoms with van der Waals surface area (Å²) in [5.41, 5.74) is 0.845. The molecule has 0 aromatic carbocycles. The Morgan fingerprint density at radius 2 is 2.23 bits per heavy atom. The fraction of sp³-hybridized carbons (Fsp3) is 0.250. The van der Waals surface area contributed by atoms with E-state index in [1.807, 2.05) is 37.3 Å². The standard InChI is InChI=1S/C8H9BrN4/c1-12(2)8-10-7-5-6(9)3-4-13(7)11-8/h3-5H,1-2H3. The van der Waals surface area contributed by atoms with Gasteiger partial charge in [0.2, 0.25) is 5.95 Å². The lowest BCUT2D eigenvalue weighted by molar-refractivity contribution is 0.926. The molecule has 0 N–H and O–H groups in total. The summed E-state index contributed by atoms with van der Waals surface area (Å²) in [6, 6.07) is 3.86. The predicted octanol–water partition coefficient (Wildman–Crippen LogP) is 1.56. The van der Waals surface area contributed by atoms with E-state index in [1.165, 1.54) is 0 Å². The number of hydrogen-bond acceptors (Lipinski definition) is 3. The van der Waals surface area contributed by atoms with E-state index in [2.05, 4.69) is 26.0 Å². The van der Waals surface area contributed by atoms with Crippen molar-refractivity contribution in [1.82, 2.24) is 14.6 Å². The summed E-state index contributed by atoms with van der Waals surface area (Å²) in [6.07, 6.45) is 1.87. The predicted molar refractivity (Wildman–Crippen MR) is 55.0 cm³/mol. The lowest BCUT2D eigenvalue weighted by Crippen LogP contribution is -2.10. The smallest absolute Gasteiger partial charge is 0.245 e. The Morgan fingerprint density at radius 1 is 1.46 bits per heavy atom. The van der Waals surface area contributed by atoms with Crippen LogP contribution >= 0.6 is 15.9 Å². The highest BCUT2D eigenvalue weighted by Gasteiger charge is 2.04. The van der Waals surface area contributed by atoms with E-state index < -0.39 is 0 Å². The van der Waals surface area contributed by atoms with Crippen molar-refractivity contribution in [1.29, 1.82) is 0 Å². The topological polar surface area (TPSA) is 33.4 Å². The molecule has 0 spiro atoms. The van der Waals surface area contributed by atoms with Gasteiger partial charge in [-0.3, -0.25) is 0 Å². The molecule has 13 heavy (non-hydrogen) atoms. The van der Waals surface area contributed by atoms with Crippen molar-refractivity contribution in [2.45, 2.75) is 0 Å². The molecule has 68 valence electrons. The summed E-state index contributed by atoms with van der Waals surface area (Å²) >= 11 is 3.38. The lowest BCUT2D eigenvalue weighted by atomic mass is 10.5. The minimum Gasteiger partial charge on any atom is -0.346 e. The molecule has 0 unspecified atom stereocenters. The van der Waals surface area contributed by atoms with Gasteiger partial charge in [0.1, 0.15) is 0 Å². The number of fused-ring (bicyclic) bond motifs is 1. The zero-order valence-electron chi connectivity index (χ0n) is 7.40. The van der Waals surface area contributed by atoms with Crippen molar-refractivity contribution in [2.24, 2.45) is 0 Å². The van der Waals surface area contributed by atoms with Crippen LogP contribution in [0.5, 0.6) is 0 Å².